The molecular weight excluding hydrogens is 329 g/mol. The largest absolute Gasteiger partial charge is 0.431 e. The molecule has 8 heteroatoms. The number of halogens is 3. The first-order chi connectivity index (χ1) is 10.8. The lowest BCUT2D eigenvalue weighted by molar-refractivity contribution is -0.205. The van der Waals surface area contributed by atoms with E-state index in [2.05, 4.69) is 15.0 Å². The second-order valence-electron chi connectivity index (χ2n) is 4.89. The van der Waals surface area contributed by atoms with E-state index in [1.807, 2.05) is 0 Å². The van der Waals surface area contributed by atoms with Crippen LogP contribution >= 0.6 is 11.3 Å². The van der Waals surface area contributed by atoms with E-state index in [1.165, 1.54) is 0 Å². The van der Waals surface area contributed by atoms with E-state index in [-0.39, 0.29) is 4.88 Å². The number of carbonyl (C=O) groups excluding carboxylic acids is 1. The molecule has 4 nitrogen and oxygen atoms in total. The number of aromatic nitrogens is 1. The number of nitrogens with one attached hydrogen (secondary N) is 1. The average Bonchev–Trinajstić information content (AvgIpc) is 2.90. The Morgan fingerprint density at radius 1 is 1.30 bits per heavy atom. The van der Waals surface area contributed by atoms with Gasteiger partial charge in [0, 0.05) is 6.20 Å². The Hall–Kier alpha value is -2.09. The van der Waals surface area contributed by atoms with Crippen molar-refractivity contribution in [2.24, 2.45) is 0 Å². The number of hydrogen-bond donors (Lipinski definition) is 1. The number of alkyl halides is 3. The molecule has 2 aromatic rings. The predicted molar refractivity (Wildman–Crippen MR) is 80.1 cm³/mol. The van der Waals surface area contributed by atoms with Gasteiger partial charge < -0.3 is 10.1 Å². The van der Waals surface area contributed by atoms with Crippen LogP contribution in [0.25, 0.3) is 0 Å². The molecule has 0 aliphatic heterocycles. The molecule has 1 heterocycles. The highest BCUT2D eigenvalue weighted by molar-refractivity contribution is 7.11. The zero-order chi connectivity index (χ0) is 17.0. The summed E-state index contributed by atoms with van der Waals surface area (Å²) in [7, 11) is 0. The van der Waals surface area contributed by atoms with Crippen LogP contribution < -0.4 is 5.32 Å². The Balaban J connectivity index is 2.06. The molecule has 1 amide bonds. The molecule has 0 spiro atoms. The first-order valence-electron chi connectivity index (χ1n) is 6.78. The molecule has 1 aromatic carbocycles. The van der Waals surface area contributed by atoms with E-state index in [0.29, 0.717) is 5.01 Å². The number of carbonyl (C=O) groups is 1. The molecule has 0 saturated heterocycles. The van der Waals surface area contributed by atoms with Crippen molar-refractivity contribution in [1.82, 2.24) is 10.3 Å². The maximum atomic E-state index is 13.1. The van der Waals surface area contributed by atoms with Crippen molar-refractivity contribution in [3.05, 3.63) is 52.0 Å². The van der Waals surface area contributed by atoms with Gasteiger partial charge in [0.05, 0.1) is 15.9 Å². The fourth-order valence-electron chi connectivity index (χ4n) is 1.93. The van der Waals surface area contributed by atoms with Crippen molar-refractivity contribution in [2.75, 3.05) is 0 Å². The van der Waals surface area contributed by atoms with Gasteiger partial charge in [-0.15, -0.1) is 11.3 Å². The van der Waals surface area contributed by atoms with Crippen molar-refractivity contribution in [3.8, 4) is 0 Å². The molecule has 2 atom stereocenters. The fraction of sp³-hybridized carbons (Fsp3) is 0.333. The first-order valence-corrected chi connectivity index (χ1v) is 7.60. The normalized spacial score (nSPS) is 14.1. The van der Waals surface area contributed by atoms with Crippen LogP contribution in [0.15, 0.2) is 36.5 Å². The third kappa shape index (κ3) is 4.69. The summed E-state index contributed by atoms with van der Waals surface area (Å²) in [6, 6.07) is 8.41. The minimum atomic E-state index is -4.70. The lowest BCUT2D eigenvalue weighted by Gasteiger charge is -2.21. The van der Waals surface area contributed by atoms with Crippen molar-refractivity contribution in [1.29, 1.82) is 0 Å². The summed E-state index contributed by atoms with van der Waals surface area (Å²) in [5.74, 6) is 0. The molecule has 0 saturated carbocycles. The van der Waals surface area contributed by atoms with E-state index in [0.717, 1.165) is 23.1 Å². The van der Waals surface area contributed by atoms with Gasteiger partial charge in [-0.1, -0.05) is 30.3 Å². The molecule has 2 rings (SSSR count). The minimum Gasteiger partial charge on any atom is -0.431 e. The molecule has 124 valence electrons. The maximum Gasteiger partial charge on any atom is 0.430 e. The van der Waals surface area contributed by atoms with Crippen LogP contribution in [0.4, 0.5) is 18.0 Å². The van der Waals surface area contributed by atoms with Gasteiger partial charge in [-0.25, -0.2) is 9.78 Å². The summed E-state index contributed by atoms with van der Waals surface area (Å²) < 4.78 is 43.9. The Kier molecular flexibility index (Phi) is 5.25. The van der Waals surface area contributed by atoms with Gasteiger partial charge in [-0.3, -0.25) is 0 Å². The zero-order valence-corrected chi connectivity index (χ0v) is 13.2. The van der Waals surface area contributed by atoms with Crippen LogP contribution in [0.2, 0.25) is 0 Å². The highest BCUT2D eigenvalue weighted by Gasteiger charge is 2.45. The van der Waals surface area contributed by atoms with E-state index >= 15 is 0 Å². The second kappa shape index (κ2) is 6.99. The molecule has 0 aliphatic carbocycles. The van der Waals surface area contributed by atoms with Gasteiger partial charge in [-0.05, 0) is 19.4 Å². The quantitative estimate of drug-likeness (QED) is 0.886. The number of aryl methyl sites for hydroxylation is 1. The van der Waals surface area contributed by atoms with Gasteiger partial charge in [0.2, 0.25) is 6.10 Å². The minimum absolute atomic E-state index is 0.155. The van der Waals surface area contributed by atoms with E-state index < -0.39 is 24.4 Å². The van der Waals surface area contributed by atoms with E-state index in [4.69, 9.17) is 0 Å². The summed E-state index contributed by atoms with van der Waals surface area (Å²) in [4.78, 5) is 15.4. The van der Waals surface area contributed by atoms with Crippen LogP contribution in [-0.2, 0) is 4.74 Å². The highest BCUT2D eigenvalue weighted by atomic mass is 32.1. The monoisotopic (exact) mass is 344 g/mol. The molecule has 0 fully saturated rings. The van der Waals surface area contributed by atoms with Crippen molar-refractivity contribution >= 4 is 17.4 Å². The van der Waals surface area contributed by atoms with Gasteiger partial charge >= 0.3 is 12.3 Å². The molecule has 1 N–H and O–H groups in total. The van der Waals surface area contributed by atoms with Crippen LogP contribution in [0, 0.1) is 6.92 Å². The van der Waals surface area contributed by atoms with Gasteiger partial charge in [0.25, 0.3) is 0 Å². The maximum absolute atomic E-state index is 13.1. The zero-order valence-electron chi connectivity index (χ0n) is 12.4. The Morgan fingerprint density at radius 2 is 1.96 bits per heavy atom. The smallest absolute Gasteiger partial charge is 0.430 e. The number of amides is 1. The number of rotatable bonds is 4. The third-order valence-electron chi connectivity index (χ3n) is 3.05. The molecular formula is C15H15F3N2O2S. The van der Waals surface area contributed by atoms with Gasteiger partial charge in [0.1, 0.15) is 0 Å². The fourth-order valence-corrected chi connectivity index (χ4v) is 2.77. The lowest BCUT2D eigenvalue weighted by Crippen LogP contribution is -2.33. The van der Waals surface area contributed by atoms with Crippen molar-refractivity contribution in [3.63, 3.8) is 0 Å². The molecule has 0 bridgehead atoms. The Bertz CT molecular complexity index is 658. The Morgan fingerprint density at radius 3 is 2.48 bits per heavy atom. The summed E-state index contributed by atoms with van der Waals surface area (Å²) in [6.45, 7) is 3.25. The van der Waals surface area contributed by atoms with Crippen molar-refractivity contribution < 1.29 is 22.7 Å². The number of ether oxygens (including phenoxy) is 1. The molecule has 1 aromatic heterocycles. The standard InChI is InChI=1S/C15H15F3N2O2S/c1-9(11-6-4-3-5-7-11)20-14(21)22-13(15(16,17)18)12-8-19-10(2)23-12/h3-9,13H,1-2H3,(H,20,21). The number of alkyl carbamates (subject to hydrolysis) is 1. The second-order valence-corrected chi connectivity index (χ2v) is 6.15. The van der Waals surface area contributed by atoms with Gasteiger partial charge in [-0.2, -0.15) is 13.2 Å². The first kappa shape index (κ1) is 17.3. The average molecular weight is 344 g/mol. The van der Waals surface area contributed by atoms with Crippen LogP contribution in [0.1, 0.15) is 34.5 Å². The van der Waals surface area contributed by atoms with Crippen LogP contribution in [0.5, 0.6) is 0 Å². The summed E-state index contributed by atoms with van der Waals surface area (Å²) in [5.41, 5.74) is 0.765. The molecule has 23 heavy (non-hydrogen) atoms. The summed E-state index contributed by atoms with van der Waals surface area (Å²) in [5, 5.41) is 2.87. The molecule has 2 unspecified atom stereocenters. The predicted octanol–water partition coefficient (Wildman–Crippen LogP) is 4.54. The number of nitrogens with zero attached hydrogens (tertiary/aromatic N) is 1. The highest BCUT2D eigenvalue weighted by Crippen LogP contribution is 2.38. The number of benzene rings is 1. The van der Waals surface area contributed by atoms with Crippen molar-refractivity contribution in [2.45, 2.75) is 32.2 Å². The number of thiazole rings is 1. The van der Waals surface area contributed by atoms with Gasteiger partial charge in [0.15, 0.2) is 0 Å². The molecule has 0 aliphatic rings. The third-order valence-corrected chi connectivity index (χ3v) is 4.01. The van der Waals surface area contributed by atoms with E-state index in [9.17, 15) is 18.0 Å². The van der Waals surface area contributed by atoms with Crippen LogP contribution in [0.3, 0.4) is 0 Å². The Labute approximate surface area is 135 Å². The topological polar surface area (TPSA) is 51.2 Å². The summed E-state index contributed by atoms with van der Waals surface area (Å²) in [6.07, 6.45) is -7.08. The van der Waals surface area contributed by atoms with Crippen LogP contribution in [-0.4, -0.2) is 17.3 Å². The molecule has 0 radical (unpaired) electrons. The van der Waals surface area contributed by atoms with E-state index in [1.54, 1.807) is 44.2 Å². The SMILES string of the molecule is Cc1ncc(C(OC(=O)NC(C)c2ccccc2)C(F)(F)F)s1. The lowest BCUT2D eigenvalue weighted by atomic mass is 10.1. The number of hydrogen-bond acceptors (Lipinski definition) is 4. The summed E-state index contributed by atoms with van der Waals surface area (Å²) >= 11 is 0.844.